The summed E-state index contributed by atoms with van der Waals surface area (Å²) in [6, 6.07) is 7.52. The Balaban J connectivity index is 1.57. The minimum absolute atomic E-state index is 0.0512. The highest BCUT2D eigenvalue weighted by molar-refractivity contribution is 7.15. The van der Waals surface area contributed by atoms with Gasteiger partial charge in [-0.15, -0.1) is 11.3 Å². The van der Waals surface area contributed by atoms with Gasteiger partial charge in [0.1, 0.15) is 5.01 Å². The summed E-state index contributed by atoms with van der Waals surface area (Å²) in [6.45, 7) is 2.99. The summed E-state index contributed by atoms with van der Waals surface area (Å²) < 4.78 is 5.23. The highest BCUT2D eigenvalue weighted by Crippen LogP contribution is 2.26. The molecule has 1 fully saturated rings. The lowest BCUT2D eigenvalue weighted by Gasteiger charge is -2.26. The SMILES string of the molecule is O=C(NCc1cnc(-c2ccc(Cl)cc2)s1)N1CCOCC1. The Labute approximate surface area is 137 Å². The summed E-state index contributed by atoms with van der Waals surface area (Å²) >= 11 is 7.45. The number of hydrogen-bond donors (Lipinski definition) is 1. The molecule has 2 heterocycles. The summed E-state index contributed by atoms with van der Waals surface area (Å²) in [5.41, 5.74) is 1.03. The van der Waals surface area contributed by atoms with Gasteiger partial charge in [0.05, 0.1) is 19.8 Å². The van der Waals surface area contributed by atoms with E-state index in [1.54, 1.807) is 22.4 Å². The maximum absolute atomic E-state index is 12.0. The highest BCUT2D eigenvalue weighted by Gasteiger charge is 2.16. The van der Waals surface area contributed by atoms with Crippen molar-refractivity contribution < 1.29 is 9.53 Å². The van der Waals surface area contributed by atoms with Crippen molar-refractivity contribution >= 4 is 29.0 Å². The topological polar surface area (TPSA) is 54.5 Å². The molecule has 116 valence electrons. The number of carbonyl (C=O) groups is 1. The van der Waals surface area contributed by atoms with Crippen LogP contribution in [0.2, 0.25) is 5.02 Å². The van der Waals surface area contributed by atoms with Gasteiger partial charge in [-0.3, -0.25) is 0 Å². The number of aromatic nitrogens is 1. The van der Waals surface area contributed by atoms with Gasteiger partial charge in [0, 0.05) is 34.7 Å². The lowest BCUT2D eigenvalue weighted by molar-refractivity contribution is 0.0531. The van der Waals surface area contributed by atoms with E-state index < -0.39 is 0 Å². The number of amides is 2. The zero-order valence-electron chi connectivity index (χ0n) is 11.9. The standard InChI is InChI=1S/C15H16ClN3O2S/c16-12-3-1-11(2-4-12)14-17-9-13(22-14)10-18-15(20)19-5-7-21-8-6-19/h1-4,9H,5-8,10H2,(H,18,20). The maximum Gasteiger partial charge on any atom is 0.317 e. The number of halogens is 1. The average Bonchev–Trinajstić information content (AvgIpc) is 3.03. The van der Waals surface area contributed by atoms with Gasteiger partial charge in [-0.25, -0.2) is 9.78 Å². The molecule has 0 aliphatic carbocycles. The van der Waals surface area contributed by atoms with Crippen molar-refractivity contribution in [3.63, 3.8) is 0 Å². The number of morpholine rings is 1. The van der Waals surface area contributed by atoms with E-state index in [1.165, 1.54) is 0 Å². The summed E-state index contributed by atoms with van der Waals surface area (Å²) in [5, 5.41) is 4.55. The molecule has 5 nitrogen and oxygen atoms in total. The number of urea groups is 1. The lowest BCUT2D eigenvalue weighted by atomic mass is 10.2. The molecule has 1 aromatic heterocycles. The number of thiazole rings is 1. The predicted octanol–water partition coefficient (Wildman–Crippen LogP) is 3.01. The number of benzene rings is 1. The van der Waals surface area contributed by atoms with Gasteiger partial charge >= 0.3 is 6.03 Å². The molecular weight excluding hydrogens is 322 g/mol. The molecule has 0 spiro atoms. The molecular formula is C15H16ClN3O2S. The van der Waals surface area contributed by atoms with Crippen molar-refractivity contribution in [2.24, 2.45) is 0 Å². The zero-order valence-corrected chi connectivity index (χ0v) is 13.5. The molecule has 0 bridgehead atoms. The van der Waals surface area contributed by atoms with E-state index >= 15 is 0 Å². The largest absolute Gasteiger partial charge is 0.378 e. The first-order chi connectivity index (χ1) is 10.7. The second-order valence-electron chi connectivity index (χ2n) is 4.90. The van der Waals surface area contributed by atoms with Gasteiger partial charge < -0.3 is 15.0 Å². The van der Waals surface area contributed by atoms with Crippen LogP contribution in [0.15, 0.2) is 30.5 Å². The first-order valence-corrected chi connectivity index (χ1v) is 8.23. The van der Waals surface area contributed by atoms with Crippen LogP contribution in [0.25, 0.3) is 10.6 Å². The minimum atomic E-state index is -0.0512. The molecule has 0 unspecified atom stereocenters. The molecule has 2 aromatic rings. The predicted molar refractivity (Wildman–Crippen MR) is 87.2 cm³/mol. The van der Waals surface area contributed by atoms with Gasteiger partial charge in [0.25, 0.3) is 0 Å². The van der Waals surface area contributed by atoms with Crippen LogP contribution in [-0.2, 0) is 11.3 Å². The monoisotopic (exact) mass is 337 g/mol. The Morgan fingerprint density at radius 1 is 1.32 bits per heavy atom. The van der Waals surface area contributed by atoms with Crippen LogP contribution in [0.5, 0.6) is 0 Å². The molecule has 3 rings (SSSR count). The summed E-state index contributed by atoms with van der Waals surface area (Å²) in [4.78, 5) is 19.2. The van der Waals surface area contributed by atoms with Crippen LogP contribution in [0.1, 0.15) is 4.88 Å². The molecule has 1 saturated heterocycles. The third-order valence-electron chi connectivity index (χ3n) is 3.36. The van der Waals surface area contributed by atoms with Gasteiger partial charge in [0.2, 0.25) is 0 Å². The van der Waals surface area contributed by atoms with Gasteiger partial charge in [-0.2, -0.15) is 0 Å². The number of carbonyl (C=O) groups excluding carboxylic acids is 1. The molecule has 1 N–H and O–H groups in total. The summed E-state index contributed by atoms with van der Waals surface area (Å²) in [7, 11) is 0. The fraction of sp³-hybridized carbons (Fsp3) is 0.333. The van der Waals surface area contributed by atoms with Crippen LogP contribution in [0.3, 0.4) is 0 Å². The molecule has 0 atom stereocenters. The average molecular weight is 338 g/mol. The number of nitrogens with one attached hydrogen (secondary N) is 1. The van der Waals surface area contributed by atoms with E-state index in [0.29, 0.717) is 37.9 Å². The highest BCUT2D eigenvalue weighted by atomic mass is 35.5. The molecule has 2 amide bonds. The summed E-state index contributed by atoms with van der Waals surface area (Å²) in [5.74, 6) is 0. The van der Waals surface area contributed by atoms with E-state index in [-0.39, 0.29) is 6.03 Å². The van der Waals surface area contributed by atoms with Crippen LogP contribution < -0.4 is 5.32 Å². The Hall–Kier alpha value is -1.63. The molecule has 0 saturated carbocycles. The van der Waals surface area contributed by atoms with Crippen molar-refractivity contribution in [1.82, 2.24) is 15.2 Å². The van der Waals surface area contributed by atoms with Crippen molar-refractivity contribution in [3.8, 4) is 10.6 Å². The normalized spacial score (nSPS) is 14.9. The third kappa shape index (κ3) is 3.76. The van der Waals surface area contributed by atoms with Crippen molar-refractivity contribution in [2.75, 3.05) is 26.3 Å². The van der Waals surface area contributed by atoms with Crippen LogP contribution in [-0.4, -0.2) is 42.2 Å². The zero-order chi connectivity index (χ0) is 15.4. The second kappa shape index (κ2) is 7.09. The quantitative estimate of drug-likeness (QED) is 0.936. The smallest absolute Gasteiger partial charge is 0.317 e. The van der Waals surface area contributed by atoms with Gasteiger partial charge in [0.15, 0.2) is 0 Å². The Bertz CT molecular complexity index is 638. The van der Waals surface area contributed by atoms with E-state index in [0.717, 1.165) is 15.4 Å². The molecule has 7 heteroatoms. The fourth-order valence-corrected chi connectivity index (χ4v) is 3.14. The molecule has 22 heavy (non-hydrogen) atoms. The van der Waals surface area contributed by atoms with Crippen molar-refractivity contribution in [2.45, 2.75) is 6.54 Å². The Morgan fingerprint density at radius 2 is 2.05 bits per heavy atom. The molecule has 1 aliphatic rings. The Morgan fingerprint density at radius 3 is 2.77 bits per heavy atom. The Kier molecular flexibility index (Phi) is 4.92. The molecule has 0 radical (unpaired) electrons. The van der Waals surface area contributed by atoms with Gasteiger partial charge in [-0.05, 0) is 12.1 Å². The number of hydrogen-bond acceptors (Lipinski definition) is 4. The summed E-state index contributed by atoms with van der Waals surface area (Å²) in [6.07, 6.45) is 1.80. The van der Waals surface area contributed by atoms with Crippen molar-refractivity contribution in [3.05, 3.63) is 40.4 Å². The van der Waals surface area contributed by atoms with Crippen molar-refractivity contribution in [1.29, 1.82) is 0 Å². The number of rotatable bonds is 3. The molecule has 1 aliphatic heterocycles. The van der Waals surface area contributed by atoms with Crippen LogP contribution >= 0.6 is 22.9 Å². The van der Waals surface area contributed by atoms with E-state index in [4.69, 9.17) is 16.3 Å². The third-order valence-corrected chi connectivity index (χ3v) is 4.66. The van der Waals surface area contributed by atoms with Gasteiger partial charge in [-0.1, -0.05) is 23.7 Å². The minimum Gasteiger partial charge on any atom is -0.378 e. The first-order valence-electron chi connectivity index (χ1n) is 7.03. The van der Waals surface area contributed by atoms with E-state index in [1.807, 2.05) is 24.3 Å². The van der Waals surface area contributed by atoms with E-state index in [2.05, 4.69) is 10.3 Å². The lowest BCUT2D eigenvalue weighted by Crippen LogP contribution is -2.45. The number of ether oxygens (including phenoxy) is 1. The molecule has 1 aromatic carbocycles. The van der Waals surface area contributed by atoms with Crippen LogP contribution in [0.4, 0.5) is 4.79 Å². The maximum atomic E-state index is 12.0. The second-order valence-corrected chi connectivity index (χ2v) is 6.45. The fourth-order valence-electron chi connectivity index (χ4n) is 2.16. The van der Waals surface area contributed by atoms with Crippen LogP contribution in [0, 0.1) is 0 Å². The first kappa shape index (κ1) is 15.3. The number of nitrogens with zero attached hydrogens (tertiary/aromatic N) is 2. The van der Waals surface area contributed by atoms with E-state index in [9.17, 15) is 4.79 Å².